The number of benzene rings is 3. The lowest BCUT2D eigenvalue weighted by atomic mass is 9.96. The minimum absolute atomic E-state index is 0.0105. The van der Waals surface area contributed by atoms with Gasteiger partial charge in [0.05, 0.1) is 12.1 Å². The molecule has 0 aromatic heterocycles. The smallest absolute Gasteiger partial charge is 0.255 e. The summed E-state index contributed by atoms with van der Waals surface area (Å²) >= 11 is 0. The topological polar surface area (TPSA) is 20.3 Å². The van der Waals surface area contributed by atoms with Gasteiger partial charge in [-0.3, -0.25) is 4.79 Å². The van der Waals surface area contributed by atoms with E-state index in [-0.39, 0.29) is 18.0 Å². The van der Waals surface area contributed by atoms with E-state index < -0.39 is 0 Å². The van der Waals surface area contributed by atoms with Gasteiger partial charge in [0.1, 0.15) is 0 Å². The van der Waals surface area contributed by atoms with Crippen molar-refractivity contribution < 1.29 is 4.79 Å². The summed E-state index contributed by atoms with van der Waals surface area (Å²) in [4.78, 5) is 15.1. The van der Waals surface area contributed by atoms with E-state index in [9.17, 15) is 4.79 Å². The fourth-order valence-electron chi connectivity index (χ4n) is 3.60. The highest BCUT2D eigenvalue weighted by Crippen LogP contribution is 2.43. The van der Waals surface area contributed by atoms with Crippen LogP contribution in [0, 0.1) is 0 Å². The van der Waals surface area contributed by atoms with Crippen LogP contribution in [0.3, 0.4) is 0 Å². The Bertz CT molecular complexity index is 857. The summed E-state index contributed by atoms with van der Waals surface area (Å²) in [5.74, 6) is 0.107. The van der Waals surface area contributed by atoms with Crippen LogP contribution in [-0.2, 0) is 0 Å². The minimum Gasteiger partial charge on any atom is -0.321 e. The van der Waals surface area contributed by atoms with Crippen molar-refractivity contribution in [1.82, 2.24) is 4.90 Å². The third kappa shape index (κ3) is 2.31. The summed E-state index contributed by atoms with van der Waals surface area (Å²) in [6, 6.07) is 28.4. The van der Waals surface area contributed by atoms with E-state index in [2.05, 4.69) is 37.3 Å². The van der Waals surface area contributed by atoms with Crippen molar-refractivity contribution in [2.45, 2.75) is 19.0 Å². The van der Waals surface area contributed by atoms with Crippen LogP contribution < -0.4 is 0 Å². The van der Waals surface area contributed by atoms with Crippen molar-refractivity contribution in [3.63, 3.8) is 0 Å². The summed E-state index contributed by atoms with van der Waals surface area (Å²) in [7, 11) is 0. The summed E-state index contributed by atoms with van der Waals surface area (Å²) in [5, 5.41) is 0. The lowest BCUT2D eigenvalue weighted by molar-refractivity contribution is 0.0676. The number of hydrogen-bond donors (Lipinski definition) is 0. The molecule has 3 aromatic carbocycles. The maximum absolute atomic E-state index is 13.1. The molecule has 1 aliphatic rings. The third-order valence-electron chi connectivity index (χ3n) is 4.81. The maximum Gasteiger partial charge on any atom is 0.255 e. The van der Waals surface area contributed by atoms with Gasteiger partial charge in [-0.15, -0.1) is 0 Å². The molecule has 118 valence electrons. The molecule has 4 rings (SSSR count). The summed E-state index contributed by atoms with van der Waals surface area (Å²) in [5.41, 5.74) is 4.21. The van der Waals surface area contributed by atoms with Gasteiger partial charge in [-0.25, -0.2) is 0 Å². The van der Waals surface area contributed by atoms with Crippen molar-refractivity contribution in [2.24, 2.45) is 0 Å². The molecule has 0 bridgehead atoms. The lowest BCUT2D eigenvalue weighted by Crippen LogP contribution is -2.31. The molecule has 0 saturated heterocycles. The molecule has 0 fully saturated rings. The highest BCUT2D eigenvalue weighted by atomic mass is 16.2. The summed E-state index contributed by atoms with van der Waals surface area (Å²) in [6.07, 6.45) is 0. The van der Waals surface area contributed by atoms with Gasteiger partial charge in [-0.05, 0) is 29.7 Å². The zero-order valence-electron chi connectivity index (χ0n) is 13.6. The fraction of sp³-hybridized carbons (Fsp3) is 0.136. The van der Waals surface area contributed by atoms with Gasteiger partial charge >= 0.3 is 0 Å². The molecule has 2 atom stereocenters. The highest BCUT2D eigenvalue weighted by molar-refractivity contribution is 6.00. The van der Waals surface area contributed by atoms with Crippen molar-refractivity contribution in [2.75, 3.05) is 0 Å². The van der Waals surface area contributed by atoms with Gasteiger partial charge in [0, 0.05) is 5.56 Å². The molecule has 1 amide bonds. The van der Waals surface area contributed by atoms with Gasteiger partial charge in [0.2, 0.25) is 0 Å². The SMILES string of the molecule is C[C@@H](c1ccccc1)N1C(=O)c2ccccc2[C@H]1c1ccccc1. The van der Waals surface area contributed by atoms with Crippen LogP contribution >= 0.6 is 0 Å². The van der Waals surface area contributed by atoms with Crippen LogP contribution in [0.4, 0.5) is 0 Å². The normalized spacial score (nSPS) is 17.6. The molecular formula is C22H19NO. The van der Waals surface area contributed by atoms with Crippen molar-refractivity contribution >= 4 is 5.91 Å². The quantitative estimate of drug-likeness (QED) is 0.667. The first kappa shape index (κ1) is 14.7. The summed E-state index contributed by atoms with van der Waals surface area (Å²) in [6.45, 7) is 2.11. The third-order valence-corrected chi connectivity index (χ3v) is 4.81. The first-order valence-electron chi connectivity index (χ1n) is 8.29. The molecule has 0 N–H and O–H groups in total. The van der Waals surface area contributed by atoms with Crippen molar-refractivity contribution in [1.29, 1.82) is 0 Å². The molecule has 2 heteroatoms. The molecule has 24 heavy (non-hydrogen) atoms. The Hall–Kier alpha value is -2.87. The zero-order valence-corrected chi connectivity index (χ0v) is 13.6. The second-order valence-electron chi connectivity index (χ2n) is 6.20. The van der Waals surface area contributed by atoms with Crippen LogP contribution in [0.25, 0.3) is 0 Å². The molecule has 3 aromatic rings. The van der Waals surface area contributed by atoms with Gasteiger partial charge < -0.3 is 4.90 Å². The Morgan fingerprint density at radius 3 is 2.08 bits per heavy atom. The van der Waals surface area contributed by atoms with E-state index in [1.807, 2.05) is 59.5 Å². The van der Waals surface area contributed by atoms with E-state index in [1.165, 1.54) is 0 Å². The zero-order chi connectivity index (χ0) is 16.5. The van der Waals surface area contributed by atoms with Crippen molar-refractivity contribution in [3.8, 4) is 0 Å². The van der Waals surface area contributed by atoms with Crippen LogP contribution in [0.2, 0.25) is 0 Å². The van der Waals surface area contributed by atoms with Gasteiger partial charge in [0.15, 0.2) is 0 Å². The predicted octanol–water partition coefficient (Wildman–Crippen LogP) is 4.99. The van der Waals surface area contributed by atoms with E-state index in [0.29, 0.717) is 0 Å². The Labute approximate surface area is 142 Å². The number of amides is 1. The van der Waals surface area contributed by atoms with Crippen LogP contribution in [0.5, 0.6) is 0 Å². The van der Waals surface area contributed by atoms with Gasteiger partial charge in [-0.2, -0.15) is 0 Å². The second kappa shape index (κ2) is 5.97. The largest absolute Gasteiger partial charge is 0.321 e. The standard InChI is InChI=1S/C22H19NO/c1-16(17-10-4-2-5-11-17)23-21(18-12-6-3-7-13-18)19-14-8-9-15-20(19)22(23)24/h2-16,21H,1H3/t16-,21+/m0/s1. The number of carbonyl (C=O) groups is 1. The average Bonchev–Trinajstić information content (AvgIpc) is 2.95. The van der Waals surface area contributed by atoms with Gasteiger partial charge in [-0.1, -0.05) is 78.9 Å². The number of nitrogens with zero attached hydrogens (tertiary/aromatic N) is 1. The number of hydrogen-bond acceptors (Lipinski definition) is 1. The fourth-order valence-corrected chi connectivity index (χ4v) is 3.60. The van der Waals surface area contributed by atoms with Crippen LogP contribution in [0.1, 0.15) is 46.1 Å². The van der Waals surface area contributed by atoms with E-state index >= 15 is 0 Å². The van der Waals surface area contributed by atoms with E-state index in [0.717, 1.165) is 22.3 Å². The molecule has 0 unspecified atom stereocenters. The van der Waals surface area contributed by atoms with Crippen LogP contribution in [0.15, 0.2) is 84.9 Å². The Balaban J connectivity index is 1.84. The first-order valence-corrected chi connectivity index (χ1v) is 8.29. The lowest BCUT2D eigenvalue weighted by Gasteiger charge is -2.32. The predicted molar refractivity (Wildman–Crippen MR) is 95.8 cm³/mol. The van der Waals surface area contributed by atoms with Crippen molar-refractivity contribution in [3.05, 3.63) is 107 Å². The minimum atomic E-state index is -0.0369. The second-order valence-corrected chi connectivity index (χ2v) is 6.20. The Morgan fingerprint density at radius 2 is 1.38 bits per heavy atom. The average molecular weight is 313 g/mol. The molecule has 1 aliphatic heterocycles. The number of carbonyl (C=O) groups excluding carboxylic acids is 1. The monoisotopic (exact) mass is 313 g/mol. The Morgan fingerprint density at radius 1 is 0.792 bits per heavy atom. The molecular weight excluding hydrogens is 294 g/mol. The Kier molecular flexibility index (Phi) is 3.66. The molecule has 0 aliphatic carbocycles. The molecule has 1 heterocycles. The molecule has 0 spiro atoms. The number of rotatable bonds is 3. The van der Waals surface area contributed by atoms with E-state index in [4.69, 9.17) is 0 Å². The van der Waals surface area contributed by atoms with E-state index in [1.54, 1.807) is 0 Å². The number of fused-ring (bicyclic) bond motifs is 1. The molecule has 0 saturated carbocycles. The van der Waals surface area contributed by atoms with Crippen LogP contribution in [-0.4, -0.2) is 10.8 Å². The van der Waals surface area contributed by atoms with Gasteiger partial charge in [0.25, 0.3) is 5.91 Å². The summed E-state index contributed by atoms with van der Waals surface area (Å²) < 4.78 is 0. The molecule has 0 radical (unpaired) electrons. The maximum atomic E-state index is 13.1. The highest BCUT2D eigenvalue weighted by Gasteiger charge is 2.40. The molecule has 2 nitrogen and oxygen atoms in total. The first-order chi connectivity index (χ1) is 11.8.